The molecule has 5 rings (SSSR count). The zero-order valence-electron chi connectivity index (χ0n) is 15.3. The molecule has 0 amide bonds. The number of nitrogens with zero attached hydrogens (tertiary/aromatic N) is 3. The molecule has 1 unspecified atom stereocenters. The quantitative estimate of drug-likeness (QED) is 0.836. The zero-order chi connectivity index (χ0) is 18.1. The molecule has 4 heterocycles. The fourth-order valence-corrected chi connectivity index (χ4v) is 4.20. The van der Waals surface area contributed by atoms with E-state index in [4.69, 9.17) is 9.57 Å². The van der Waals surface area contributed by atoms with Gasteiger partial charge in [0.15, 0.2) is 0 Å². The molecule has 138 valence electrons. The summed E-state index contributed by atoms with van der Waals surface area (Å²) < 4.78 is 5.35. The van der Waals surface area contributed by atoms with Crippen LogP contribution in [0.4, 0.5) is 0 Å². The van der Waals surface area contributed by atoms with E-state index in [0.29, 0.717) is 12.5 Å². The van der Waals surface area contributed by atoms with Gasteiger partial charge >= 0.3 is 0 Å². The number of fused-ring (bicyclic) bond motifs is 4. The van der Waals surface area contributed by atoms with E-state index in [-0.39, 0.29) is 6.04 Å². The molecular weight excluding hydrogens is 330 g/mol. The lowest BCUT2D eigenvalue weighted by molar-refractivity contribution is 0.0101. The minimum Gasteiger partial charge on any atom is -0.497 e. The Morgan fingerprint density at radius 1 is 1.38 bits per heavy atom. The van der Waals surface area contributed by atoms with E-state index in [1.54, 1.807) is 13.3 Å². The molecule has 3 aliphatic heterocycles. The summed E-state index contributed by atoms with van der Waals surface area (Å²) >= 11 is 0. The van der Waals surface area contributed by atoms with Crippen LogP contribution in [0.5, 0.6) is 5.75 Å². The van der Waals surface area contributed by atoms with Gasteiger partial charge in [-0.1, -0.05) is 5.16 Å². The first-order valence-corrected chi connectivity index (χ1v) is 9.24. The van der Waals surface area contributed by atoms with Crippen LogP contribution in [0.3, 0.4) is 0 Å². The van der Waals surface area contributed by atoms with E-state index in [9.17, 15) is 5.11 Å². The number of pyridine rings is 1. The van der Waals surface area contributed by atoms with Gasteiger partial charge in [0.25, 0.3) is 0 Å². The smallest absolute Gasteiger partial charge is 0.119 e. The number of aliphatic hydroxyl groups is 1. The summed E-state index contributed by atoms with van der Waals surface area (Å²) in [5, 5.41) is 16.4. The Morgan fingerprint density at radius 3 is 3.00 bits per heavy atom. The Hall–Kier alpha value is -2.18. The monoisotopic (exact) mass is 355 g/mol. The molecule has 0 saturated carbocycles. The van der Waals surface area contributed by atoms with Gasteiger partial charge < -0.3 is 14.7 Å². The van der Waals surface area contributed by atoms with Gasteiger partial charge in [-0.25, -0.2) is 0 Å². The molecule has 1 aromatic heterocycles. The maximum atomic E-state index is 11.2. The number of aromatic nitrogens is 1. The van der Waals surface area contributed by atoms with Crippen molar-refractivity contribution in [2.45, 2.75) is 31.9 Å². The fourth-order valence-electron chi connectivity index (χ4n) is 4.20. The number of piperidine rings is 3. The van der Waals surface area contributed by atoms with Gasteiger partial charge in [0.05, 0.1) is 24.4 Å². The second-order valence-electron chi connectivity index (χ2n) is 6.99. The average Bonchev–Trinajstić information content (AvgIpc) is 2.71. The largest absolute Gasteiger partial charge is 0.497 e. The van der Waals surface area contributed by atoms with E-state index in [2.05, 4.69) is 15.0 Å². The van der Waals surface area contributed by atoms with Crippen molar-refractivity contribution < 1.29 is 14.7 Å². The van der Waals surface area contributed by atoms with E-state index in [0.717, 1.165) is 53.9 Å². The highest BCUT2D eigenvalue weighted by molar-refractivity contribution is 5.90. The van der Waals surface area contributed by atoms with E-state index in [1.807, 2.05) is 31.2 Å². The fraction of sp³-hybridized carbons (Fsp3) is 0.500. The van der Waals surface area contributed by atoms with Crippen LogP contribution < -0.4 is 4.74 Å². The highest BCUT2D eigenvalue weighted by atomic mass is 16.6. The highest BCUT2D eigenvalue weighted by Gasteiger charge is 2.42. The maximum Gasteiger partial charge on any atom is 0.119 e. The molecule has 1 aromatic carbocycles. The summed E-state index contributed by atoms with van der Waals surface area (Å²) in [5.74, 6) is 1.17. The SMILES string of the molecule is CCON=C1CN2CC[C@H]1C[C@H]2[C@H](O)c1ccnc2ccc(OC)cc12. The Kier molecular flexibility index (Phi) is 4.78. The van der Waals surface area contributed by atoms with Crippen molar-refractivity contribution >= 4 is 16.6 Å². The number of aliphatic hydroxyl groups excluding tert-OH is 1. The van der Waals surface area contributed by atoms with E-state index in [1.165, 1.54) is 0 Å². The summed E-state index contributed by atoms with van der Waals surface area (Å²) in [5.41, 5.74) is 2.90. The third kappa shape index (κ3) is 3.04. The lowest BCUT2D eigenvalue weighted by Crippen LogP contribution is -2.55. The predicted molar refractivity (Wildman–Crippen MR) is 100 cm³/mol. The summed E-state index contributed by atoms with van der Waals surface area (Å²) in [7, 11) is 1.65. The zero-order valence-corrected chi connectivity index (χ0v) is 15.3. The summed E-state index contributed by atoms with van der Waals surface area (Å²) in [6, 6.07) is 7.80. The van der Waals surface area contributed by atoms with E-state index >= 15 is 0 Å². The summed E-state index contributed by atoms with van der Waals surface area (Å²) in [6.07, 6.45) is 3.19. The second-order valence-corrected chi connectivity index (χ2v) is 6.99. The lowest BCUT2D eigenvalue weighted by atomic mass is 9.78. The van der Waals surface area contributed by atoms with Crippen LogP contribution in [0.15, 0.2) is 35.6 Å². The number of methoxy groups -OCH3 is 1. The Balaban J connectivity index is 1.63. The highest BCUT2D eigenvalue weighted by Crippen LogP contribution is 2.38. The van der Waals surface area contributed by atoms with Crippen LogP contribution in [0.2, 0.25) is 0 Å². The van der Waals surface area contributed by atoms with Crippen molar-refractivity contribution in [1.82, 2.24) is 9.88 Å². The molecule has 26 heavy (non-hydrogen) atoms. The first-order chi connectivity index (χ1) is 12.7. The van der Waals surface area contributed by atoms with Crippen LogP contribution in [-0.2, 0) is 4.84 Å². The predicted octanol–water partition coefficient (Wildman–Crippen LogP) is 2.76. The molecule has 6 nitrogen and oxygen atoms in total. The average molecular weight is 355 g/mol. The molecule has 0 aliphatic carbocycles. The summed E-state index contributed by atoms with van der Waals surface area (Å²) in [6.45, 7) is 4.30. The number of oxime groups is 1. The molecule has 3 aliphatic rings. The van der Waals surface area contributed by atoms with Gasteiger partial charge in [-0.05, 0) is 56.1 Å². The Bertz CT molecular complexity index is 823. The van der Waals surface area contributed by atoms with E-state index < -0.39 is 6.10 Å². The van der Waals surface area contributed by atoms with Crippen LogP contribution in [0, 0.1) is 5.92 Å². The van der Waals surface area contributed by atoms with Crippen molar-refractivity contribution in [3.63, 3.8) is 0 Å². The number of benzene rings is 1. The molecule has 1 N–H and O–H groups in total. The van der Waals surface area contributed by atoms with Gasteiger partial charge in [0.1, 0.15) is 12.4 Å². The Morgan fingerprint density at radius 2 is 2.27 bits per heavy atom. The van der Waals surface area contributed by atoms with Crippen molar-refractivity contribution in [3.8, 4) is 5.75 Å². The second kappa shape index (κ2) is 7.21. The standard InChI is InChI=1S/C20H25N3O3/c1-3-26-22-18-12-23-9-7-13(18)10-19(23)20(24)15-6-8-21-17-5-4-14(25-2)11-16(15)17/h4-6,8,11,13,19-20,24H,3,7,9-10,12H2,1-2H3/t13-,19-,20+/m0/s1. The molecule has 6 heteroatoms. The first-order valence-electron chi connectivity index (χ1n) is 9.24. The molecule has 3 saturated heterocycles. The van der Waals surface area contributed by atoms with Crippen molar-refractivity contribution in [2.75, 3.05) is 26.8 Å². The lowest BCUT2D eigenvalue weighted by Gasteiger charge is -2.47. The third-order valence-electron chi connectivity index (χ3n) is 5.57. The van der Waals surface area contributed by atoms with Gasteiger partial charge in [-0.15, -0.1) is 0 Å². The van der Waals surface area contributed by atoms with Crippen molar-refractivity contribution in [2.24, 2.45) is 11.1 Å². The Labute approximate surface area is 153 Å². The normalized spacial score (nSPS) is 27.7. The topological polar surface area (TPSA) is 67.2 Å². The minimum absolute atomic E-state index is 0.0890. The van der Waals surface area contributed by atoms with Gasteiger partial charge in [0.2, 0.25) is 0 Å². The molecule has 3 fully saturated rings. The third-order valence-corrected chi connectivity index (χ3v) is 5.57. The molecule has 2 aromatic rings. The number of ether oxygens (including phenoxy) is 1. The maximum absolute atomic E-state index is 11.2. The van der Waals surface area contributed by atoms with Gasteiger partial charge in [-0.2, -0.15) is 0 Å². The molecule has 0 spiro atoms. The number of rotatable bonds is 5. The van der Waals surface area contributed by atoms with Crippen LogP contribution in [0.1, 0.15) is 31.4 Å². The minimum atomic E-state index is -0.566. The van der Waals surface area contributed by atoms with Crippen LogP contribution in [0.25, 0.3) is 10.9 Å². The number of hydrogen-bond acceptors (Lipinski definition) is 6. The van der Waals surface area contributed by atoms with Crippen LogP contribution in [-0.4, -0.2) is 53.6 Å². The molecule has 0 radical (unpaired) electrons. The van der Waals surface area contributed by atoms with Crippen molar-refractivity contribution in [3.05, 3.63) is 36.0 Å². The number of hydrogen-bond donors (Lipinski definition) is 1. The first kappa shape index (κ1) is 17.2. The van der Waals surface area contributed by atoms with Gasteiger partial charge in [-0.3, -0.25) is 9.88 Å². The van der Waals surface area contributed by atoms with Crippen LogP contribution >= 0.6 is 0 Å². The molecular formula is C20H25N3O3. The van der Waals surface area contributed by atoms with Crippen molar-refractivity contribution in [1.29, 1.82) is 0 Å². The summed E-state index contributed by atoms with van der Waals surface area (Å²) in [4.78, 5) is 12.0. The van der Waals surface area contributed by atoms with Gasteiger partial charge in [0, 0.05) is 30.1 Å². The molecule has 2 bridgehead atoms. The molecule has 4 atom stereocenters.